The van der Waals surface area contributed by atoms with E-state index in [1.807, 2.05) is 94.5 Å². The zero-order valence-electron chi connectivity index (χ0n) is 26.8. The van der Waals surface area contributed by atoms with Crippen LogP contribution in [0.4, 0.5) is 8.78 Å². The van der Waals surface area contributed by atoms with Crippen LogP contribution in [0.15, 0.2) is 95.2 Å². The molecule has 4 rings (SSSR count). The summed E-state index contributed by atoms with van der Waals surface area (Å²) in [5.74, 6) is -3.71. The number of H-pyrrole nitrogens is 1. The van der Waals surface area contributed by atoms with Crippen molar-refractivity contribution in [1.29, 1.82) is 0 Å². The number of hydrogen-bond donors (Lipinski definition) is 1. The molecule has 1 N–H and O–H groups in total. The zero-order valence-corrected chi connectivity index (χ0v) is 28.8. The molecule has 0 saturated carbocycles. The molecule has 3 atom stereocenters. The standard InChI is InChI=1S/C33H44F2N2O5Si2/c1-10-32(23-40-44(31(5,6)7,24-17-13-11-14-18-24)25-19-15-12-16-20-25)27(42-43(8,9)30(2,3)4)33(34,35)28(41-32)37-22-21-26(38)36-29(37)39/h10-22,27-28H,1,23H2,2-9H3,(H,36,38,39)/t27-,28-,32-/m1/s1. The van der Waals surface area contributed by atoms with Crippen molar-refractivity contribution in [2.24, 2.45) is 0 Å². The molecule has 44 heavy (non-hydrogen) atoms. The second kappa shape index (κ2) is 11.8. The van der Waals surface area contributed by atoms with Crippen LogP contribution in [0.5, 0.6) is 0 Å². The van der Waals surface area contributed by atoms with E-state index in [4.69, 9.17) is 13.6 Å². The molecule has 2 aromatic carbocycles. The number of nitrogens with one attached hydrogen (secondary N) is 1. The lowest BCUT2D eigenvalue weighted by molar-refractivity contribution is -0.140. The third kappa shape index (κ3) is 5.88. The normalized spacial score (nSPS) is 22.6. The van der Waals surface area contributed by atoms with E-state index in [9.17, 15) is 9.59 Å². The van der Waals surface area contributed by atoms with Gasteiger partial charge in [-0.05, 0) is 33.5 Å². The van der Waals surface area contributed by atoms with Crippen molar-refractivity contribution in [2.45, 2.75) is 88.6 Å². The fourth-order valence-corrected chi connectivity index (χ4v) is 11.5. The first kappa shape index (κ1) is 33.9. The van der Waals surface area contributed by atoms with Gasteiger partial charge in [-0.25, -0.2) is 4.79 Å². The third-order valence-corrected chi connectivity index (χ3v) is 18.5. The lowest BCUT2D eigenvalue weighted by Gasteiger charge is -2.46. The maximum absolute atomic E-state index is 16.8. The van der Waals surface area contributed by atoms with Crippen LogP contribution in [-0.4, -0.2) is 50.4 Å². The highest BCUT2D eigenvalue weighted by molar-refractivity contribution is 6.99. The predicted octanol–water partition coefficient (Wildman–Crippen LogP) is 5.59. The highest BCUT2D eigenvalue weighted by atomic mass is 28.4. The van der Waals surface area contributed by atoms with E-state index >= 15 is 8.78 Å². The fourth-order valence-electron chi connectivity index (χ4n) is 5.61. The number of aromatic amines is 1. The molecule has 1 aliphatic heterocycles. The van der Waals surface area contributed by atoms with Gasteiger partial charge in [-0.3, -0.25) is 14.3 Å². The van der Waals surface area contributed by atoms with Gasteiger partial charge in [-0.15, -0.1) is 6.58 Å². The Morgan fingerprint density at radius 1 is 0.932 bits per heavy atom. The van der Waals surface area contributed by atoms with E-state index in [2.05, 4.69) is 32.3 Å². The summed E-state index contributed by atoms with van der Waals surface area (Å²) in [6, 6.07) is 20.7. The lowest BCUT2D eigenvalue weighted by Crippen LogP contribution is -2.68. The van der Waals surface area contributed by atoms with E-state index in [0.29, 0.717) is 4.57 Å². The van der Waals surface area contributed by atoms with Gasteiger partial charge in [0.25, 0.3) is 13.9 Å². The largest absolute Gasteiger partial charge is 0.405 e. The second-order valence-corrected chi connectivity index (χ2v) is 23.1. The van der Waals surface area contributed by atoms with Crippen LogP contribution >= 0.6 is 0 Å². The SMILES string of the molecule is C=C[C@]1(CO[Si](c2ccccc2)(c2ccccc2)C(C)(C)C)O[C@@H](n2ccc(=O)[nH]c2=O)C(F)(F)[C@@H]1O[Si](C)(C)C(C)(C)C. The quantitative estimate of drug-likeness (QED) is 0.243. The van der Waals surface area contributed by atoms with Crippen LogP contribution in [0.1, 0.15) is 47.8 Å². The smallest absolute Gasteiger partial charge is 0.330 e. The average Bonchev–Trinajstić information content (AvgIpc) is 3.15. The minimum absolute atomic E-state index is 0.312. The highest BCUT2D eigenvalue weighted by Gasteiger charge is 2.69. The molecule has 0 aliphatic carbocycles. The Hall–Kier alpha value is -2.97. The Labute approximate surface area is 260 Å². The molecule has 1 aliphatic rings. The molecule has 0 amide bonds. The van der Waals surface area contributed by atoms with Gasteiger partial charge in [-0.1, -0.05) is 108 Å². The molecule has 1 aromatic heterocycles. The first-order valence-electron chi connectivity index (χ1n) is 14.8. The van der Waals surface area contributed by atoms with Gasteiger partial charge in [0, 0.05) is 12.3 Å². The number of ether oxygens (including phenoxy) is 1. The van der Waals surface area contributed by atoms with Gasteiger partial charge in [0.15, 0.2) is 8.32 Å². The number of hydrogen-bond acceptors (Lipinski definition) is 5. The van der Waals surface area contributed by atoms with Gasteiger partial charge >= 0.3 is 11.6 Å². The van der Waals surface area contributed by atoms with E-state index in [1.54, 1.807) is 0 Å². The lowest BCUT2D eigenvalue weighted by atomic mass is 9.95. The molecule has 3 aromatic rings. The Morgan fingerprint density at radius 3 is 1.89 bits per heavy atom. The molecule has 238 valence electrons. The van der Waals surface area contributed by atoms with Crippen molar-refractivity contribution >= 4 is 27.0 Å². The molecule has 0 radical (unpaired) electrons. The summed E-state index contributed by atoms with van der Waals surface area (Å²) in [7, 11) is -6.06. The van der Waals surface area contributed by atoms with E-state index < -0.39 is 61.8 Å². The summed E-state index contributed by atoms with van der Waals surface area (Å²) in [4.78, 5) is 26.7. The predicted molar refractivity (Wildman–Crippen MR) is 175 cm³/mol. The first-order chi connectivity index (χ1) is 20.3. The second-order valence-electron chi connectivity index (χ2n) is 14.0. The van der Waals surface area contributed by atoms with Crippen LogP contribution < -0.4 is 21.6 Å². The molecule has 1 fully saturated rings. The van der Waals surface area contributed by atoms with Crippen LogP contribution in [0.25, 0.3) is 0 Å². The minimum Gasteiger partial charge on any atom is -0.405 e. The van der Waals surface area contributed by atoms with Gasteiger partial charge in [0.1, 0.15) is 11.7 Å². The maximum Gasteiger partial charge on any atom is 0.330 e. The van der Waals surface area contributed by atoms with Crippen LogP contribution in [0, 0.1) is 0 Å². The maximum atomic E-state index is 16.8. The van der Waals surface area contributed by atoms with Gasteiger partial charge in [-0.2, -0.15) is 8.78 Å². The number of rotatable bonds is 9. The third-order valence-electron chi connectivity index (χ3n) is 9.05. The molecular weight excluding hydrogens is 599 g/mol. The van der Waals surface area contributed by atoms with Crippen molar-refractivity contribution in [1.82, 2.24) is 9.55 Å². The molecule has 11 heteroatoms. The molecule has 7 nitrogen and oxygen atoms in total. The average molecular weight is 643 g/mol. The number of alkyl halides is 2. The number of aromatic nitrogens is 2. The summed E-state index contributed by atoms with van der Waals surface area (Å²) in [6.45, 7) is 19.6. The van der Waals surface area contributed by atoms with Crippen molar-refractivity contribution < 1.29 is 22.4 Å². The number of benzene rings is 2. The van der Waals surface area contributed by atoms with E-state index in [-0.39, 0.29) is 6.61 Å². The molecular formula is C33H44F2N2O5Si2. The zero-order chi connectivity index (χ0) is 32.8. The topological polar surface area (TPSA) is 82.5 Å². The van der Waals surface area contributed by atoms with E-state index in [0.717, 1.165) is 22.6 Å². The van der Waals surface area contributed by atoms with Crippen LogP contribution in [0.2, 0.25) is 23.2 Å². The van der Waals surface area contributed by atoms with Crippen LogP contribution in [0.3, 0.4) is 0 Å². The summed E-state index contributed by atoms with van der Waals surface area (Å²) in [5, 5.41) is 1.09. The first-order valence-corrected chi connectivity index (χ1v) is 19.6. The van der Waals surface area contributed by atoms with Crippen molar-refractivity contribution in [3.05, 3.63) is 106 Å². The Morgan fingerprint density at radius 2 is 1.45 bits per heavy atom. The molecule has 0 spiro atoms. The number of nitrogens with zero attached hydrogens (tertiary/aromatic N) is 1. The monoisotopic (exact) mass is 642 g/mol. The summed E-state index contributed by atoms with van der Waals surface area (Å²) in [5.41, 5.74) is -3.57. The minimum atomic E-state index is -3.71. The summed E-state index contributed by atoms with van der Waals surface area (Å²) >= 11 is 0. The fraction of sp³-hybridized carbons (Fsp3) is 0.455. The molecule has 0 unspecified atom stereocenters. The Kier molecular flexibility index (Phi) is 9.06. The van der Waals surface area contributed by atoms with Gasteiger partial charge in [0.2, 0.25) is 6.23 Å². The van der Waals surface area contributed by atoms with Gasteiger partial charge < -0.3 is 13.6 Å². The Bertz CT molecular complexity index is 1540. The van der Waals surface area contributed by atoms with Crippen molar-refractivity contribution in [3.8, 4) is 0 Å². The molecule has 2 heterocycles. The van der Waals surface area contributed by atoms with Crippen molar-refractivity contribution in [3.63, 3.8) is 0 Å². The molecule has 1 saturated heterocycles. The van der Waals surface area contributed by atoms with Crippen LogP contribution in [-0.2, 0) is 13.6 Å². The van der Waals surface area contributed by atoms with Crippen molar-refractivity contribution in [2.75, 3.05) is 6.61 Å². The summed E-state index contributed by atoms with van der Waals surface area (Å²) < 4.78 is 54.1. The molecule has 0 bridgehead atoms. The number of halogens is 2. The van der Waals surface area contributed by atoms with Gasteiger partial charge in [0.05, 0.1) is 6.61 Å². The Balaban J connectivity index is 1.92. The summed E-state index contributed by atoms with van der Waals surface area (Å²) in [6.07, 6.45) is -1.57. The highest BCUT2D eigenvalue weighted by Crippen LogP contribution is 2.53. The van der Waals surface area contributed by atoms with E-state index in [1.165, 1.54) is 6.08 Å².